The number of aromatic nitrogens is 2. The van der Waals surface area contributed by atoms with Crippen LogP contribution in [0.4, 0.5) is 17.3 Å². The molecule has 0 saturated heterocycles. The van der Waals surface area contributed by atoms with Crippen molar-refractivity contribution in [1.82, 2.24) is 14.8 Å². The van der Waals surface area contributed by atoms with Gasteiger partial charge in [-0.15, -0.1) is 4.83 Å². The summed E-state index contributed by atoms with van der Waals surface area (Å²) in [7, 11) is 0. The van der Waals surface area contributed by atoms with E-state index >= 15 is 0 Å². The van der Waals surface area contributed by atoms with Gasteiger partial charge in [-0.1, -0.05) is 17.7 Å². The number of hydrogen-bond donors (Lipinski definition) is 2. The molecule has 2 rings (SSSR count). The van der Waals surface area contributed by atoms with Crippen LogP contribution in [0.5, 0.6) is 0 Å². The van der Waals surface area contributed by atoms with Gasteiger partial charge in [-0.3, -0.25) is 14.7 Å². The zero-order valence-corrected chi connectivity index (χ0v) is 11.6. The molecule has 0 aliphatic heterocycles. The predicted octanol–water partition coefficient (Wildman–Crippen LogP) is 1.47. The van der Waals surface area contributed by atoms with E-state index in [1.807, 2.05) is 6.92 Å². The van der Waals surface area contributed by atoms with Gasteiger partial charge in [0.1, 0.15) is 12.4 Å². The first kappa shape index (κ1) is 15.0. The van der Waals surface area contributed by atoms with Crippen LogP contribution in [0.3, 0.4) is 0 Å². The Bertz CT molecular complexity index is 661. The predicted molar refractivity (Wildman–Crippen MR) is 75.9 cm³/mol. The van der Waals surface area contributed by atoms with Crippen molar-refractivity contribution in [2.45, 2.75) is 6.92 Å². The molecule has 1 aromatic carbocycles. The van der Waals surface area contributed by atoms with Crippen molar-refractivity contribution in [3.05, 3.63) is 52.3 Å². The Balaban J connectivity index is 2.37. The highest BCUT2D eigenvalue weighted by Gasteiger charge is 2.16. The van der Waals surface area contributed by atoms with E-state index in [0.717, 1.165) is 18.0 Å². The van der Waals surface area contributed by atoms with Gasteiger partial charge >= 0.3 is 5.69 Å². The van der Waals surface area contributed by atoms with Gasteiger partial charge in [-0.05, 0) is 19.1 Å². The average molecular weight is 309 g/mol. The lowest BCUT2D eigenvalue weighted by Gasteiger charge is -2.20. The average Bonchev–Trinajstić information content (AvgIpc) is 2.46. The van der Waals surface area contributed by atoms with E-state index in [-0.39, 0.29) is 11.6 Å². The van der Waals surface area contributed by atoms with E-state index in [1.54, 1.807) is 24.3 Å². The van der Waals surface area contributed by atoms with E-state index < -0.39 is 16.2 Å². The van der Waals surface area contributed by atoms with Crippen molar-refractivity contribution >= 4 is 28.6 Å². The highest BCUT2D eigenvalue weighted by molar-refractivity contribution is 7.77. The second-order valence-electron chi connectivity index (χ2n) is 4.01. The van der Waals surface area contributed by atoms with Crippen LogP contribution in [0.2, 0.25) is 0 Å². The minimum Gasteiger partial charge on any atom is -0.293 e. The van der Waals surface area contributed by atoms with Gasteiger partial charge in [0.25, 0.3) is 11.3 Å². The van der Waals surface area contributed by atoms with Crippen molar-refractivity contribution in [2.75, 3.05) is 5.01 Å². The molecule has 0 fully saturated rings. The Hall–Kier alpha value is -2.43. The lowest BCUT2D eigenvalue weighted by molar-refractivity contribution is -0.385. The molecule has 2 N–H and O–H groups in total. The largest absolute Gasteiger partial charge is 0.305 e. The van der Waals surface area contributed by atoms with Crippen molar-refractivity contribution < 1.29 is 13.7 Å². The maximum atomic E-state index is 11.0. The van der Waals surface area contributed by atoms with Gasteiger partial charge < -0.3 is 0 Å². The summed E-state index contributed by atoms with van der Waals surface area (Å²) in [5.41, 5.74) is 1.25. The number of benzene rings is 1. The fourth-order valence-corrected chi connectivity index (χ4v) is 1.85. The Labute approximate surface area is 122 Å². The molecule has 0 amide bonds. The Kier molecular flexibility index (Phi) is 4.52. The lowest BCUT2D eigenvalue weighted by atomic mass is 10.2. The standard InChI is InChI=1S/C11H11N5O4S/c1-8-2-4-9(5-3-8)15(14-21(19)20)11-12-6-10(7-13-11)16(17)18/h2-7,14H,1H3,(H,19,20). The third kappa shape index (κ3) is 3.78. The summed E-state index contributed by atoms with van der Waals surface area (Å²) in [4.78, 5) is 19.8. The molecule has 1 heterocycles. The molecule has 1 aromatic heterocycles. The molecule has 21 heavy (non-hydrogen) atoms. The van der Waals surface area contributed by atoms with E-state index in [1.165, 1.54) is 5.01 Å². The van der Waals surface area contributed by atoms with Crippen LogP contribution >= 0.6 is 0 Å². The Morgan fingerprint density at radius 3 is 2.33 bits per heavy atom. The highest BCUT2D eigenvalue weighted by Crippen LogP contribution is 2.21. The lowest BCUT2D eigenvalue weighted by Crippen LogP contribution is -2.36. The topological polar surface area (TPSA) is 121 Å². The number of anilines is 2. The second kappa shape index (κ2) is 6.35. The monoisotopic (exact) mass is 309 g/mol. The molecule has 1 unspecified atom stereocenters. The summed E-state index contributed by atoms with van der Waals surface area (Å²) in [6.07, 6.45) is 2.04. The number of hydrazine groups is 1. The number of nitrogens with zero attached hydrogens (tertiary/aromatic N) is 4. The smallest absolute Gasteiger partial charge is 0.293 e. The van der Waals surface area contributed by atoms with Crippen molar-refractivity contribution in [3.8, 4) is 0 Å². The number of rotatable bonds is 5. The minimum absolute atomic E-state index is 0.00635. The molecule has 0 spiro atoms. The molecule has 0 radical (unpaired) electrons. The summed E-state index contributed by atoms with van der Waals surface area (Å²) in [6, 6.07) is 6.99. The maximum absolute atomic E-state index is 11.0. The summed E-state index contributed by atoms with van der Waals surface area (Å²) < 4.78 is 20.0. The normalized spacial score (nSPS) is 11.9. The first-order chi connectivity index (χ1) is 9.97. The Morgan fingerprint density at radius 2 is 1.86 bits per heavy atom. The number of nitrogens with one attached hydrogen (secondary N) is 1. The number of hydrogen-bond acceptors (Lipinski definition) is 6. The van der Waals surface area contributed by atoms with Crippen molar-refractivity contribution in [1.29, 1.82) is 0 Å². The molecule has 1 atom stereocenters. The molecular weight excluding hydrogens is 298 g/mol. The van der Waals surface area contributed by atoms with E-state index in [9.17, 15) is 14.3 Å². The second-order valence-corrected chi connectivity index (χ2v) is 4.69. The van der Waals surface area contributed by atoms with Crippen molar-refractivity contribution in [3.63, 3.8) is 0 Å². The highest BCUT2D eigenvalue weighted by atomic mass is 32.2. The summed E-state index contributed by atoms with van der Waals surface area (Å²) in [5, 5.41) is 11.7. The van der Waals surface area contributed by atoms with E-state index in [4.69, 9.17) is 4.55 Å². The molecule has 2 aromatic rings. The van der Waals surface area contributed by atoms with Gasteiger partial charge in [0.2, 0.25) is 5.95 Å². The van der Waals surface area contributed by atoms with E-state index in [0.29, 0.717) is 5.69 Å². The van der Waals surface area contributed by atoms with E-state index in [2.05, 4.69) is 14.8 Å². The number of aryl methyl sites for hydroxylation is 1. The molecule has 9 nitrogen and oxygen atoms in total. The molecule has 0 aliphatic carbocycles. The Morgan fingerprint density at radius 1 is 1.29 bits per heavy atom. The van der Waals surface area contributed by atoms with Crippen LogP contribution in [-0.2, 0) is 11.3 Å². The van der Waals surface area contributed by atoms with Gasteiger partial charge in [-0.25, -0.2) is 19.2 Å². The van der Waals surface area contributed by atoms with Gasteiger partial charge in [0.05, 0.1) is 10.6 Å². The first-order valence-electron chi connectivity index (χ1n) is 5.68. The van der Waals surface area contributed by atoms with Crippen LogP contribution < -0.4 is 9.84 Å². The third-order valence-electron chi connectivity index (χ3n) is 2.50. The SMILES string of the molecule is Cc1ccc(N(NS(=O)O)c2ncc([N+](=O)[O-])cn2)cc1. The third-order valence-corrected chi connectivity index (χ3v) is 2.84. The zero-order chi connectivity index (χ0) is 15.4. The molecular formula is C11H11N5O4S. The quantitative estimate of drug-likeness (QED) is 0.487. The van der Waals surface area contributed by atoms with Crippen LogP contribution in [-0.4, -0.2) is 23.7 Å². The van der Waals surface area contributed by atoms with Gasteiger partial charge in [0, 0.05) is 0 Å². The van der Waals surface area contributed by atoms with Crippen molar-refractivity contribution in [2.24, 2.45) is 0 Å². The summed E-state index contributed by atoms with van der Waals surface area (Å²) in [6.45, 7) is 1.90. The zero-order valence-electron chi connectivity index (χ0n) is 10.8. The molecule has 0 aliphatic rings. The molecule has 0 saturated carbocycles. The number of nitro groups is 1. The fraction of sp³-hybridized carbons (Fsp3) is 0.0909. The van der Waals surface area contributed by atoms with Gasteiger partial charge in [-0.2, -0.15) is 0 Å². The van der Waals surface area contributed by atoms with Gasteiger partial charge in [0.15, 0.2) is 0 Å². The minimum atomic E-state index is -2.35. The van der Waals surface area contributed by atoms with Crippen LogP contribution in [0, 0.1) is 17.0 Å². The van der Waals surface area contributed by atoms with Crippen LogP contribution in [0.15, 0.2) is 36.7 Å². The summed E-state index contributed by atoms with van der Waals surface area (Å²) >= 11 is -2.35. The fourth-order valence-electron chi connectivity index (χ4n) is 1.51. The molecule has 0 bridgehead atoms. The first-order valence-corrected chi connectivity index (χ1v) is 6.78. The maximum Gasteiger partial charge on any atom is 0.305 e. The molecule has 110 valence electrons. The summed E-state index contributed by atoms with van der Waals surface area (Å²) in [5.74, 6) is 0.00635. The van der Waals surface area contributed by atoms with Crippen LogP contribution in [0.25, 0.3) is 0 Å². The van der Waals surface area contributed by atoms with Crippen LogP contribution in [0.1, 0.15) is 5.56 Å². The molecule has 10 heteroatoms.